The van der Waals surface area contributed by atoms with Gasteiger partial charge in [0.2, 0.25) is 0 Å². The Morgan fingerprint density at radius 1 is 1.33 bits per heavy atom. The number of aromatic nitrogens is 1. The van der Waals surface area contributed by atoms with Crippen LogP contribution < -0.4 is 4.90 Å². The van der Waals surface area contributed by atoms with Crippen LogP contribution in [0.2, 0.25) is 0 Å². The molecule has 2 heterocycles. The lowest BCUT2D eigenvalue weighted by Gasteiger charge is -2.27. The second-order valence-electron chi connectivity index (χ2n) is 5.06. The van der Waals surface area contributed by atoms with Crippen molar-refractivity contribution in [2.24, 2.45) is 5.92 Å². The molecule has 2 atom stereocenters. The molecule has 94 valence electrons. The number of fused-ring (bicyclic) bond motifs is 1. The molecule has 1 aliphatic heterocycles. The van der Waals surface area contributed by atoms with Gasteiger partial charge in [-0.2, -0.15) is 0 Å². The Labute approximate surface area is 107 Å². The summed E-state index contributed by atoms with van der Waals surface area (Å²) in [7, 11) is 0. The van der Waals surface area contributed by atoms with Crippen LogP contribution in [0.5, 0.6) is 0 Å². The Hall–Kier alpha value is -1.61. The second kappa shape index (κ2) is 4.58. The molecule has 2 aromatic rings. The maximum atomic E-state index is 9.57. The van der Waals surface area contributed by atoms with Crippen LogP contribution in [0.4, 0.5) is 5.82 Å². The third kappa shape index (κ3) is 1.75. The van der Waals surface area contributed by atoms with E-state index in [2.05, 4.69) is 28.9 Å². The first kappa shape index (κ1) is 11.5. The Bertz CT molecular complexity index is 550. The first-order valence-corrected chi connectivity index (χ1v) is 6.52. The lowest BCUT2D eigenvalue weighted by atomic mass is 10.0. The van der Waals surface area contributed by atoms with Gasteiger partial charge in [0.25, 0.3) is 0 Å². The summed E-state index contributed by atoms with van der Waals surface area (Å²) in [6.07, 6.45) is 2.98. The normalized spacial score (nSPS) is 23.8. The maximum absolute atomic E-state index is 9.57. The molecule has 2 unspecified atom stereocenters. The number of hydrogen-bond acceptors (Lipinski definition) is 3. The van der Waals surface area contributed by atoms with Gasteiger partial charge >= 0.3 is 0 Å². The van der Waals surface area contributed by atoms with E-state index in [1.807, 2.05) is 24.4 Å². The van der Waals surface area contributed by atoms with Gasteiger partial charge in [0.15, 0.2) is 0 Å². The molecule has 0 aliphatic carbocycles. The topological polar surface area (TPSA) is 36.4 Å². The Morgan fingerprint density at radius 3 is 3.00 bits per heavy atom. The lowest BCUT2D eigenvalue weighted by Crippen LogP contribution is -2.35. The van der Waals surface area contributed by atoms with Gasteiger partial charge in [-0.25, -0.2) is 4.98 Å². The van der Waals surface area contributed by atoms with Crippen molar-refractivity contribution < 1.29 is 5.11 Å². The molecule has 3 rings (SSSR count). The molecule has 18 heavy (non-hydrogen) atoms. The third-order valence-corrected chi connectivity index (χ3v) is 3.99. The maximum Gasteiger partial charge on any atom is 0.136 e. The Kier molecular flexibility index (Phi) is 2.92. The molecule has 3 nitrogen and oxygen atoms in total. The van der Waals surface area contributed by atoms with Crippen molar-refractivity contribution in [3.63, 3.8) is 0 Å². The monoisotopic (exact) mass is 242 g/mol. The average molecular weight is 242 g/mol. The number of aliphatic hydroxyl groups excluding tert-OH is 1. The molecule has 0 saturated carbocycles. The van der Waals surface area contributed by atoms with Crippen LogP contribution in [-0.2, 0) is 0 Å². The van der Waals surface area contributed by atoms with Crippen molar-refractivity contribution in [3.05, 3.63) is 36.5 Å². The molecule has 0 radical (unpaired) electrons. The van der Waals surface area contributed by atoms with Gasteiger partial charge in [0.05, 0.1) is 12.6 Å². The molecule has 3 heteroatoms. The molecular weight excluding hydrogens is 224 g/mol. The standard InChI is InChI=1S/C15H18N2O/c1-11-7-9-17(14(11)10-18)15-13-5-3-2-4-12(13)6-8-16-15/h2-6,8,11,14,18H,7,9-10H2,1H3. The molecule has 0 spiro atoms. The molecule has 1 fully saturated rings. The van der Waals surface area contributed by atoms with E-state index < -0.39 is 0 Å². The Morgan fingerprint density at radius 2 is 2.17 bits per heavy atom. The summed E-state index contributed by atoms with van der Waals surface area (Å²) < 4.78 is 0. The smallest absolute Gasteiger partial charge is 0.136 e. The summed E-state index contributed by atoms with van der Waals surface area (Å²) in [4.78, 5) is 6.79. The second-order valence-corrected chi connectivity index (χ2v) is 5.06. The summed E-state index contributed by atoms with van der Waals surface area (Å²) in [5.74, 6) is 1.53. The van der Waals surface area contributed by atoms with E-state index in [1.54, 1.807) is 0 Å². The van der Waals surface area contributed by atoms with Crippen molar-refractivity contribution in [3.8, 4) is 0 Å². The van der Waals surface area contributed by atoms with E-state index in [1.165, 1.54) is 10.8 Å². The summed E-state index contributed by atoms with van der Waals surface area (Å²) in [6.45, 7) is 3.38. The number of nitrogens with zero attached hydrogens (tertiary/aromatic N) is 2. The molecule has 1 N–H and O–H groups in total. The van der Waals surface area contributed by atoms with Gasteiger partial charge < -0.3 is 10.0 Å². The molecule has 1 aromatic carbocycles. The van der Waals surface area contributed by atoms with Crippen LogP contribution in [0.15, 0.2) is 36.5 Å². The molecule has 0 bridgehead atoms. The van der Waals surface area contributed by atoms with Crippen molar-refractivity contribution in [2.75, 3.05) is 18.1 Å². The summed E-state index contributed by atoms with van der Waals surface area (Å²) >= 11 is 0. The van der Waals surface area contributed by atoms with Gasteiger partial charge in [-0.1, -0.05) is 31.2 Å². The van der Waals surface area contributed by atoms with Gasteiger partial charge in [-0.15, -0.1) is 0 Å². The lowest BCUT2D eigenvalue weighted by molar-refractivity contribution is 0.244. The fraction of sp³-hybridized carbons (Fsp3) is 0.400. The number of hydrogen-bond donors (Lipinski definition) is 1. The van der Waals surface area contributed by atoms with Crippen molar-refractivity contribution >= 4 is 16.6 Å². The van der Waals surface area contributed by atoms with Gasteiger partial charge in [-0.3, -0.25) is 0 Å². The van der Waals surface area contributed by atoms with E-state index in [-0.39, 0.29) is 12.6 Å². The van der Waals surface area contributed by atoms with Crippen LogP contribution in [0.25, 0.3) is 10.8 Å². The summed E-state index contributed by atoms with van der Waals surface area (Å²) in [6, 6.07) is 10.5. The fourth-order valence-electron chi connectivity index (χ4n) is 2.88. The minimum absolute atomic E-state index is 0.198. The van der Waals surface area contributed by atoms with Crippen LogP contribution >= 0.6 is 0 Å². The fourth-order valence-corrected chi connectivity index (χ4v) is 2.88. The minimum Gasteiger partial charge on any atom is -0.394 e. The van der Waals surface area contributed by atoms with E-state index in [4.69, 9.17) is 0 Å². The highest BCUT2D eigenvalue weighted by Gasteiger charge is 2.32. The molecule has 1 aliphatic rings. The van der Waals surface area contributed by atoms with E-state index >= 15 is 0 Å². The minimum atomic E-state index is 0.198. The highest BCUT2D eigenvalue weighted by atomic mass is 16.3. The number of rotatable bonds is 2. The zero-order valence-corrected chi connectivity index (χ0v) is 10.6. The largest absolute Gasteiger partial charge is 0.394 e. The zero-order valence-electron chi connectivity index (χ0n) is 10.6. The van der Waals surface area contributed by atoms with Crippen molar-refractivity contribution in [2.45, 2.75) is 19.4 Å². The third-order valence-electron chi connectivity index (χ3n) is 3.99. The van der Waals surface area contributed by atoms with Gasteiger partial charge in [0, 0.05) is 18.1 Å². The van der Waals surface area contributed by atoms with Crippen molar-refractivity contribution in [1.29, 1.82) is 0 Å². The number of anilines is 1. The van der Waals surface area contributed by atoms with Gasteiger partial charge in [-0.05, 0) is 23.8 Å². The summed E-state index contributed by atoms with van der Waals surface area (Å²) in [5, 5.41) is 12.0. The van der Waals surface area contributed by atoms with E-state index in [0.29, 0.717) is 5.92 Å². The van der Waals surface area contributed by atoms with Gasteiger partial charge in [0.1, 0.15) is 5.82 Å². The zero-order chi connectivity index (χ0) is 12.5. The molecule has 1 aromatic heterocycles. The Balaban J connectivity index is 2.09. The number of benzene rings is 1. The van der Waals surface area contributed by atoms with Crippen LogP contribution in [-0.4, -0.2) is 29.3 Å². The highest BCUT2D eigenvalue weighted by Crippen LogP contribution is 2.32. The predicted octanol–water partition coefficient (Wildman–Crippen LogP) is 2.44. The summed E-state index contributed by atoms with van der Waals surface area (Å²) in [5.41, 5.74) is 0. The highest BCUT2D eigenvalue weighted by molar-refractivity contribution is 5.92. The number of aliphatic hydroxyl groups is 1. The first-order valence-electron chi connectivity index (χ1n) is 6.52. The molecular formula is C15H18N2O. The SMILES string of the molecule is CC1CCN(c2nccc3ccccc23)C1CO. The predicted molar refractivity (Wildman–Crippen MR) is 73.7 cm³/mol. The molecule has 0 amide bonds. The van der Waals surface area contributed by atoms with Crippen LogP contribution in [0.1, 0.15) is 13.3 Å². The average Bonchev–Trinajstić information content (AvgIpc) is 2.79. The first-order chi connectivity index (χ1) is 8.81. The van der Waals surface area contributed by atoms with Crippen molar-refractivity contribution in [1.82, 2.24) is 4.98 Å². The van der Waals surface area contributed by atoms with Crippen LogP contribution in [0, 0.1) is 5.92 Å². The molecule has 1 saturated heterocycles. The number of pyridine rings is 1. The quantitative estimate of drug-likeness (QED) is 0.878. The van der Waals surface area contributed by atoms with Crippen LogP contribution in [0.3, 0.4) is 0 Å². The van der Waals surface area contributed by atoms with E-state index in [9.17, 15) is 5.11 Å². The van der Waals surface area contributed by atoms with E-state index in [0.717, 1.165) is 18.8 Å².